The first kappa shape index (κ1) is 18.6. The van der Waals surface area contributed by atoms with Crippen molar-refractivity contribution in [2.45, 2.75) is 45.7 Å². The molecule has 0 bridgehead atoms. The standard InChI is InChI=1S/C22H27N3O/c1-17-14-25(15-18(2)26-17)16-20-8-6-19(7-9-20)12-24-13-22-5-3-4-21(10-22)11-23/h3-10,17-18,24H,12-16H2,1-2H3/t17-,18-/m1/s1. The Morgan fingerprint density at radius 3 is 2.35 bits per heavy atom. The van der Waals surface area contributed by atoms with Crippen LogP contribution in [0.1, 0.15) is 36.1 Å². The van der Waals surface area contributed by atoms with E-state index in [0.29, 0.717) is 17.8 Å². The molecular weight excluding hydrogens is 322 g/mol. The van der Waals surface area contributed by atoms with Crippen molar-refractivity contribution in [1.82, 2.24) is 10.2 Å². The zero-order valence-electron chi connectivity index (χ0n) is 15.6. The lowest BCUT2D eigenvalue weighted by molar-refractivity contribution is -0.0704. The van der Waals surface area contributed by atoms with Crippen LogP contribution in [0, 0.1) is 11.3 Å². The second-order valence-corrected chi connectivity index (χ2v) is 7.18. The average molecular weight is 349 g/mol. The van der Waals surface area contributed by atoms with E-state index in [2.05, 4.69) is 54.4 Å². The highest BCUT2D eigenvalue weighted by Gasteiger charge is 2.21. The van der Waals surface area contributed by atoms with Gasteiger partial charge in [0.15, 0.2) is 0 Å². The Morgan fingerprint density at radius 2 is 1.65 bits per heavy atom. The Balaban J connectivity index is 1.47. The van der Waals surface area contributed by atoms with E-state index in [4.69, 9.17) is 10.00 Å². The van der Waals surface area contributed by atoms with Gasteiger partial charge < -0.3 is 10.1 Å². The van der Waals surface area contributed by atoms with Crippen LogP contribution in [0.2, 0.25) is 0 Å². The fourth-order valence-corrected chi connectivity index (χ4v) is 3.54. The molecular formula is C22H27N3O. The van der Waals surface area contributed by atoms with E-state index in [1.54, 1.807) is 0 Å². The van der Waals surface area contributed by atoms with Crippen LogP contribution in [-0.2, 0) is 24.4 Å². The summed E-state index contributed by atoms with van der Waals surface area (Å²) in [6.45, 7) is 8.84. The minimum atomic E-state index is 0.307. The largest absolute Gasteiger partial charge is 0.373 e. The van der Waals surface area contributed by atoms with Gasteiger partial charge in [0.05, 0.1) is 23.8 Å². The molecule has 2 aromatic carbocycles. The topological polar surface area (TPSA) is 48.3 Å². The lowest BCUT2D eigenvalue weighted by atomic mass is 10.1. The SMILES string of the molecule is C[C@@H]1CN(Cc2ccc(CNCc3cccc(C#N)c3)cc2)C[C@@H](C)O1. The van der Waals surface area contributed by atoms with E-state index in [0.717, 1.165) is 38.3 Å². The number of nitrogens with zero attached hydrogens (tertiary/aromatic N) is 2. The Labute approximate surface area is 156 Å². The Kier molecular flexibility index (Phi) is 6.40. The number of nitrogens with one attached hydrogen (secondary N) is 1. The van der Waals surface area contributed by atoms with Gasteiger partial charge in [-0.1, -0.05) is 36.4 Å². The maximum absolute atomic E-state index is 8.96. The number of morpholine rings is 1. The molecule has 1 aliphatic rings. The summed E-state index contributed by atoms with van der Waals surface area (Å²) >= 11 is 0. The molecule has 1 aliphatic heterocycles. The Bertz CT molecular complexity index is 741. The third-order valence-corrected chi connectivity index (χ3v) is 4.64. The molecule has 0 aliphatic carbocycles. The Hall–Kier alpha value is -2.19. The van der Waals surface area contributed by atoms with Gasteiger partial charge >= 0.3 is 0 Å². The monoisotopic (exact) mass is 349 g/mol. The van der Waals surface area contributed by atoms with Crippen LogP contribution in [0.5, 0.6) is 0 Å². The maximum Gasteiger partial charge on any atom is 0.0991 e. The number of rotatable bonds is 6. The van der Waals surface area contributed by atoms with Gasteiger partial charge in [-0.05, 0) is 42.7 Å². The van der Waals surface area contributed by atoms with Crippen molar-refractivity contribution in [2.24, 2.45) is 0 Å². The van der Waals surface area contributed by atoms with E-state index in [1.165, 1.54) is 11.1 Å². The molecule has 0 amide bonds. The second kappa shape index (κ2) is 8.95. The number of benzene rings is 2. The molecule has 1 saturated heterocycles. The van der Waals surface area contributed by atoms with E-state index in [-0.39, 0.29) is 0 Å². The van der Waals surface area contributed by atoms with Crippen molar-refractivity contribution in [3.63, 3.8) is 0 Å². The second-order valence-electron chi connectivity index (χ2n) is 7.18. The zero-order chi connectivity index (χ0) is 18.4. The minimum Gasteiger partial charge on any atom is -0.373 e. The van der Waals surface area contributed by atoms with Gasteiger partial charge in [-0.15, -0.1) is 0 Å². The summed E-state index contributed by atoms with van der Waals surface area (Å²) in [4.78, 5) is 2.47. The number of nitriles is 1. The van der Waals surface area contributed by atoms with Gasteiger partial charge in [-0.25, -0.2) is 0 Å². The fraction of sp³-hybridized carbons (Fsp3) is 0.409. The van der Waals surface area contributed by atoms with Crippen molar-refractivity contribution in [2.75, 3.05) is 13.1 Å². The normalized spacial score (nSPS) is 20.7. The summed E-state index contributed by atoms with van der Waals surface area (Å²) < 4.78 is 5.80. The molecule has 1 heterocycles. The summed E-state index contributed by atoms with van der Waals surface area (Å²) in [6, 6.07) is 18.7. The quantitative estimate of drug-likeness (QED) is 0.868. The third-order valence-electron chi connectivity index (χ3n) is 4.64. The van der Waals surface area contributed by atoms with Gasteiger partial charge in [0, 0.05) is 32.7 Å². The van der Waals surface area contributed by atoms with E-state index in [9.17, 15) is 0 Å². The van der Waals surface area contributed by atoms with E-state index in [1.807, 2.05) is 24.3 Å². The zero-order valence-corrected chi connectivity index (χ0v) is 15.6. The Morgan fingerprint density at radius 1 is 1.00 bits per heavy atom. The van der Waals surface area contributed by atoms with Crippen molar-refractivity contribution >= 4 is 0 Å². The van der Waals surface area contributed by atoms with Crippen LogP contribution < -0.4 is 5.32 Å². The fourth-order valence-electron chi connectivity index (χ4n) is 3.54. The van der Waals surface area contributed by atoms with Crippen molar-refractivity contribution < 1.29 is 4.74 Å². The van der Waals surface area contributed by atoms with Gasteiger partial charge in [0.2, 0.25) is 0 Å². The van der Waals surface area contributed by atoms with Crippen molar-refractivity contribution in [3.8, 4) is 6.07 Å². The van der Waals surface area contributed by atoms with Crippen LogP contribution in [0.3, 0.4) is 0 Å². The summed E-state index contributed by atoms with van der Waals surface area (Å²) in [5.41, 5.74) is 4.46. The first-order valence-electron chi connectivity index (χ1n) is 9.28. The van der Waals surface area contributed by atoms with Crippen LogP contribution >= 0.6 is 0 Å². The first-order valence-corrected chi connectivity index (χ1v) is 9.28. The molecule has 2 atom stereocenters. The van der Waals surface area contributed by atoms with Crippen LogP contribution in [0.25, 0.3) is 0 Å². The minimum absolute atomic E-state index is 0.307. The average Bonchev–Trinajstić information content (AvgIpc) is 2.62. The maximum atomic E-state index is 8.96. The van der Waals surface area contributed by atoms with Gasteiger partial charge in [-0.2, -0.15) is 5.26 Å². The smallest absolute Gasteiger partial charge is 0.0991 e. The van der Waals surface area contributed by atoms with Gasteiger partial charge in [0.1, 0.15) is 0 Å². The predicted octanol–water partition coefficient (Wildman–Crippen LogP) is 3.46. The lowest BCUT2D eigenvalue weighted by Gasteiger charge is -2.35. The molecule has 1 N–H and O–H groups in total. The molecule has 0 radical (unpaired) electrons. The molecule has 1 fully saturated rings. The van der Waals surface area contributed by atoms with Crippen LogP contribution in [0.4, 0.5) is 0 Å². The molecule has 0 aromatic heterocycles. The van der Waals surface area contributed by atoms with E-state index >= 15 is 0 Å². The van der Waals surface area contributed by atoms with Crippen molar-refractivity contribution in [1.29, 1.82) is 5.26 Å². The van der Waals surface area contributed by atoms with E-state index < -0.39 is 0 Å². The number of hydrogen-bond donors (Lipinski definition) is 1. The van der Waals surface area contributed by atoms with Crippen LogP contribution in [0.15, 0.2) is 48.5 Å². The summed E-state index contributed by atoms with van der Waals surface area (Å²) in [7, 11) is 0. The summed E-state index contributed by atoms with van der Waals surface area (Å²) in [5, 5.41) is 12.4. The molecule has 4 heteroatoms. The molecule has 3 rings (SSSR count). The van der Waals surface area contributed by atoms with Gasteiger partial charge in [0.25, 0.3) is 0 Å². The third kappa shape index (κ3) is 5.40. The summed E-state index contributed by atoms with van der Waals surface area (Å²) in [6.07, 6.45) is 0.614. The molecule has 0 unspecified atom stereocenters. The first-order chi connectivity index (χ1) is 12.6. The summed E-state index contributed by atoms with van der Waals surface area (Å²) in [5.74, 6) is 0. The molecule has 136 valence electrons. The highest BCUT2D eigenvalue weighted by Crippen LogP contribution is 2.15. The molecule has 26 heavy (non-hydrogen) atoms. The highest BCUT2D eigenvalue weighted by atomic mass is 16.5. The predicted molar refractivity (Wildman–Crippen MR) is 103 cm³/mol. The highest BCUT2D eigenvalue weighted by molar-refractivity contribution is 5.32. The number of hydrogen-bond acceptors (Lipinski definition) is 4. The molecule has 0 saturated carbocycles. The molecule has 0 spiro atoms. The molecule has 2 aromatic rings. The lowest BCUT2D eigenvalue weighted by Crippen LogP contribution is -2.44. The van der Waals surface area contributed by atoms with Gasteiger partial charge in [-0.3, -0.25) is 4.90 Å². The number of ether oxygens (including phenoxy) is 1. The van der Waals surface area contributed by atoms with Crippen LogP contribution in [-0.4, -0.2) is 30.2 Å². The molecule has 4 nitrogen and oxygen atoms in total. The van der Waals surface area contributed by atoms with Crippen molar-refractivity contribution in [3.05, 3.63) is 70.8 Å².